The topological polar surface area (TPSA) is 57.3 Å². The molecule has 0 atom stereocenters. The number of ether oxygens (including phenoxy) is 1. The molecule has 6 nitrogen and oxygen atoms in total. The molecule has 33 heavy (non-hydrogen) atoms. The van der Waals surface area contributed by atoms with Crippen LogP contribution in [0.5, 0.6) is 0 Å². The molecule has 1 fully saturated rings. The second kappa shape index (κ2) is 10.1. The molecule has 2 aromatic heterocycles. The number of hydrogen-bond donors (Lipinski definition) is 1. The Balaban J connectivity index is 1.36. The molecular weight excluding hydrogens is 410 g/mol. The van der Waals surface area contributed by atoms with Crippen LogP contribution in [-0.4, -0.2) is 59.4 Å². The van der Waals surface area contributed by atoms with Crippen molar-refractivity contribution >= 4 is 16.6 Å². The van der Waals surface area contributed by atoms with E-state index in [1.165, 1.54) is 16.3 Å². The van der Waals surface area contributed by atoms with E-state index in [9.17, 15) is 0 Å². The van der Waals surface area contributed by atoms with Gasteiger partial charge >= 0.3 is 0 Å². The summed E-state index contributed by atoms with van der Waals surface area (Å²) in [5.41, 5.74) is 4.25. The van der Waals surface area contributed by atoms with Crippen LogP contribution in [0.25, 0.3) is 22.2 Å². The van der Waals surface area contributed by atoms with Crippen molar-refractivity contribution in [3.63, 3.8) is 0 Å². The molecule has 5 rings (SSSR count). The van der Waals surface area contributed by atoms with Crippen LogP contribution >= 0.6 is 0 Å². The average molecular weight is 442 g/mol. The first-order valence-corrected chi connectivity index (χ1v) is 11.8. The van der Waals surface area contributed by atoms with Gasteiger partial charge in [0, 0.05) is 37.1 Å². The molecule has 0 saturated carbocycles. The molecule has 0 bridgehead atoms. The number of piperazine rings is 1. The number of fused-ring (bicyclic) bond motifs is 1. The number of nitrogens with zero attached hydrogens (tertiary/aromatic N) is 4. The van der Waals surface area contributed by atoms with E-state index < -0.39 is 0 Å². The number of rotatable bonds is 8. The Bertz CT molecular complexity index is 1180. The summed E-state index contributed by atoms with van der Waals surface area (Å²) in [6.07, 6.45) is 2.69. The van der Waals surface area contributed by atoms with Crippen molar-refractivity contribution in [2.45, 2.75) is 20.0 Å². The highest BCUT2D eigenvalue weighted by molar-refractivity contribution is 5.95. The van der Waals surface area contributed by atoms with Gasteiger partial charge in [-0.3, -0.25) is 5.10 Å². The zero-order valence-corrected chi connectivity index (χ0v) is 19.2. The van der Waals surface area contributed by atoms with E-state index in [0.717, 1.165) is 61.9 Å². The standard InChI is InChI=1S/C27H31N5O/c1-2-31-13-15-32(16-14-31)27-24-11-7-6-10-22(24)18-25(29-27)26-23(19-28-30-26)12-17-33-20-21-8-4-3-5-9-21/h3-11,18-19H,2,12-17,20H2,1H3,(H,28,30). The lowest BCUT2D eigenvalue weighted by Gasteiger charge is -2.35. The second-order valence-electron chi connectivity index (χ2n) is 8.53. The summed E-state index contributed by atoms with van der Waals surface area (Å²) < 4.78 is 5.92. The van der Waals surface area contributed by atoms with E-state index in [1.54, 1.807) is 0 Å². The van der Waals surface area contributed by atoms with Crippen LogP contribution in [-0.2, 0) is 17.8 Å². The van der Waals surface area contributed by atoms with Crippen molar-refractivity contribution in [3.8, 4) is 11.4 Å². The molecule has 0 radical (unpaired) electrons. The van der Waals surface area contributed by atoms with E-state index >= 15 is 0 Å². The maximum atomic E-state index is 5.92. The van der Waals surface area contributed by atoms with E-state index in [0.29, 0.717) is 13.2 Å². The first-order chi connectivity index (χ1) is 16.3. The van der Waals surface area contributed by atoms with E-state index in [2.05, 4.69) is 69.4 Å². The minimum absolute atomic E-state index is 0.621. The summed E-state index contributed by atoms with van der Waals surface area (Å²) in [4.78, 5) is 10.1. The minimum Gasteiger partial charge on any atom is -0.376 e. The van der Waals surface area contributed by atoms with Crippen LogP contribution in [0.2, 0.25) is 0 Å². The predicted molar refractivity (Wildman–Crippen MR) is 133 cm³/mol. The first-order valence-electron chi connectivity index (χ1n) is 11.8. The molecule has 3 heterocycles. The van der Waals surface area contributed by atoms with Crippen LogP contribution in [0.4, 0.5) is 5.82 Å². The Labute approximate surface area is 195 Å². The number of hydrogen-bond acceptors (Lipinski definition) is 5. The molecule has 170 valence electrons. The van der Waals surface area contributed by atoms with E-state index in [1.807, 2.05) is 24.4 Å². The molecule has 1 aliphatic heterocycles. The van der Waals surface area contributed by atoms with Gasteiger partial charge in [-0.2, -0.15) is 5.10 Å². The maximum absolute atomic E-state index is 5.92. The lowest BCUT2D eigenvalue weighted by molar-refractivity contribution is 0.124. The van der Waals surface area contributed by atoms with Gasteiger partial charge in [-0.25, -0.2) is 4.98 Å². The smallest absolute Gasteiger partial charge is 0.137 e. The molecular formula is C27H31N5O. The van der Waals surface area contributed by atoms with Gasteiger partial charge in [0.25, 0.3) is 0 Å². The zero-order valence-electron chi connectivity index (χ0n) is 19.2. The second-order valence-corrected chi connectivity index (χ2v) is 8.53. The fourth-order valence-electron chi connectivity index (χ4n) is 4.49. The number of likely N-dealkylation sites (N-methyl/N-ethyl adjacent to an activating group) is 1. The number of nitrogens with one attached hydrogen (secondary N) is 1. The Kier molecular flexibility index (Phi) is 6.65. The van der Waals surface area contributed by atoms with Crippen LogP contribution in [0.3, 0.4) is 0 Å². The number of aromatic nitrogens is 3. The monoisotopic (exact) mass is 441 g/mol. The van der Waals surface area contributed by atoms with Gasteiger partial charge in [0.2, 0.25) is 0 Å². The lowest BCUT2D eigenvalue weighted by Crippen LogP contribution is -2.46. The van der Waals surface area contributed by atoms with Gasteiger partial charge in [0.05, 0.1) is 30.8 Å². The molecule has 0 spiro atoms. The van der Waals surface area contributed by atoms with Gasteiger partial charge in [-0.15, -0.1) is 0 Å². The van der Waals surface area contributed by atoms with Gasteiger partial charge in [0.1, 0.15) is 5.82 Å². The van der Waals surface area contributed by atoms with Crippen molar-refractivity contribution < 1.29 is 4.74 Å². The fourth-order valence-corrected chi connectivity index (χ4v) is 4.49. The molecule has 4 aromatic rings. The Hall–Kier alpha value is -3.22. The molecule has 0 unspecified atom stereocenters. The lowest BCUT2D eigenvalue weighted by atomic mass is 10.1. The molecule has 1 N–H and O–H groups in total. The maximum Gasteiger partial charge on any atom is 0.137 e. The largest absolute Gasteiger partial charge is 0.376 e. The van der Waals surface area contributed by atoms with Crippen LogP contribution in [0.15, 0.2) is 66.9 Å². The highest BCUT2D eigenvalue weighted by Gasteiger charge is 2.20. The zero-order chi connectivity index (χ0) is 22.5. The summed E-state index contributed by atoms with van der Waals surface area (Å²) in [6, 6.07) is 21.0. The summed E-state index contributed by atoms with van der Waals surface area (Å²) in [5, 5.41) is 9.95. The van der Waals surface area contributed by atoms with Crippen LogP contribution in [0.1, 0.15) is 18.1 Å². The summed E-state index contributed by atoms with van der Waals surface area (Å²) in [7, 11) is 0. The van der Waals surface area contributed by atoms with Crippen molar-refractivity contribution in [3.05, 3.63) is 78.0 Å². The van der Waals surface area contributed by atoms with Crippen molar-refractivity contribution in [2.75, 3.05) is 44.2 Å². The Morgan fingerprint density at radius 2 is 1.76 bits per heavy atom. The summed E-state index contributed by atoms with van der Waals surface area (Å²) in [6.45, 7) is 8.74. The van der Waals surface area contributed by atoms with Gasteiger partial charge in [-0.1, -0.05) is 61.5 Å². The average Bonchev–Trinajstić information content (AvgIpc) is 3.35. The normalized spacial score (nSPS) is 14.8. The molecule has 6 heteroatoms. The highest BCUT2D eigenvalue weighted by atomic mass is 16.5. The van der Waals surface area contributed by atoms with Gasteiger partial charge < -0.3 is 14.5 Å². The molecule has 0 amide bonds. The van der Waals surface area contributed by atoms with Crippen LogP contribution in [0, 0.1) is 0 Å². The number of anilines is 1. The Morgan fingerprint density at radius 3 is 2.58 bits per heavy atom. The number of pyridine rings is 1. The SMILES string of the molecule is CCN1CCN(c2nc(-c3[nH]ncc3CCOCc3ccccc3)cc3ccccc23)CC1. The summed E-state index contributed by atoms with van der Waals surface area (Å²) in [5.74, 6) is 1.07. The quantitative estimate of drug-likeness (QED) is 0.407. The van der Waals surface area contributed by atoms with E-state index in [-0.39, 0.29) is 0 Å². The minimum atomic E-state index is 0.621. The first kappa shape index (κ1) is 21.6. The number of benzene rings is 2. The third-order valence-corrected chi connectivity index (χ3v) is 6.44. The number of H-pyrrole nitrogens is 1. The predicted octanol–water partition coefficient (Wildman–Crippen LogP) is 4.53. The van der Waals surface area contributed by atoms with E-state index in [4.69, 9.17) is 9.72 Å². The third-order valence-electron chi connectivity index (χ3n) is 6.44. The summed E-state index contributed by atoms with van der Waals surface area (Å²) >= 11 is 0. The molecule has 1 saturated heterocycles. The van der Waals surface area contributed by atoms with Crippen LogP contribution < -0.4 is 4.90 Å². The number of aromatic amines is 1. The molecule has 2 aromatic carbocycles. The van der Waals surface area contributed by atoms with Crippen molar-refractivity contribution in [1.82, 2.24) is 20.1 Å². The van der Waals surface area contributed by atoms with Crippen molar-refractivity contribution in [1.29, 1.82) is 0 Å². The molecule has 0 aliphatic carbocycles. The Morgan fingerprint density at radius 1 is 0.970 bits per heavy atom. The van der Waals surface area contributed by atoms with Gasteiger partial charge in [-0.05, 0) is 30.0 Å². The third kappa shape index (κ3) is 4.92. The van der Waals surface area contributed by atoms with Crippen molar-refractivity contribution in [2.24, 2.45) is 0 Å². The highest BCUT2D eigenvalue weighted by Crippen LogP contribution is 2.31. The fraction of sp³-hybridized carbons (Fsp3) is 0.333. The van der Waals surface area contributed by atoms with Gasteiger partial charge in [0.15, 0.2) is 0 Å². The molecule has 1 aliphatic rings.